The van der Waals surface area contributed by atoms with Gasteiger partial charge >= 0.3 is 0 Å². The Kier molecular flexibility index (Phi) is 6.32. The van der Waals surface area contributed by atoms with E-state index in [1.165, 1.54) is 4.31 Å². The van der Waals surface area contributed by atoms with Gasteiger partial charge < -0.3 is 5.32 Å². The minimum atomic E-state index is -3.44. The maximum Gasteiger partial charge on any atom is 0.243 e. The van der Waals surface area contributed by atoms with Crippen molar-refractivity contribution in [2.45, 2.75) is 37.9 Å². The number of sulfonamides is 1. The summed E-state index contributed by atoms with van der Waals surface area (Å²) in [4.78, 5) is 0.305. The van der Waals surface area contributed by atoms with Gasteiger partial charge in [0, 0.05) is 26.2 Å². The summed E-state index contributed by atoms with van der Waals surface area (Å²) in [6.45, 7) is 5.01. The highest BCUT2D eigenvalue weighted by atomic mass is 32.2. The fourth-order valence-electron chi connectivity index (χ4n) is 2.27. The zero-order valence-electron chi connectivity index (χ0n) is 14.7. The van der Waals surface area contributed by atoms with Crippen molar-refractivity contribution in [2.75, 3.05) is 7.05 Å². The van der Waals surface area contributed by atoms with Crippen LogP contribution in [0.1, 0.15) is 30.5 Å². The van der Waals surface area contributed by atoms with Gasteiger partial charge in [-0.25, -0.2) is 8.42 Å². The van der Waals surface area contributed by atoms with Crippen LogP contribution in [0, 0.1) is 11.3 Å². The van der Waals surface area contributed by atoms with Crippen LogP contribution in [0.25, 0.3) is 0 Å². The first kappa shape index (κ1) is 19.1. The molecule has 0 amide bonds. The van der Waals surface area contributed by atoms with Gasteiger partial charge in [0.05, 0.1) is 16.5 Å². The first-order valence-corrected chi connectivity index (χ1v) is 9.55. The Morgan fingerprint density at radius 3 is 1.92 bits per heavy atom. The second kappa shape index (κ2) is 8.26. The average molecular weight is 357 g/mol. The van der Waals surface area contributed by atoms with Crippen LogP contribution in [0.2, 0.25) is 0 Å². The predicted molar refractivity (Wildman–Crippen MR) is 98.2 cm³/mol. The number of rotatable bonds is 7. The summed E-state index contributed by atoms with van der Waals surface area (Å²) < 4.78 is 26.2. The molecule has 1 N–H and O–H groups in total. The molecule has 0 aliphatic carbocycles. The minimum Gasteiger partial charge on any atom is -0.309 e. The van der Waals surface area contributed by atoms with Gasteiger partial charge in [-0.1, -0.05) is 24.3 Å². The van der Waals surface area contributed by atoms with Gasteiger partial charge in [-0.3, -0.25) is 0 Å². The predicted octanol–water partition coefficient (Wildman–Crippen LogP) is 2.88. The van der Waals surface area contributed by atoms with E-state index in [0.717, 1.165) is 11.1 Å². The van der Waals surface area contributed by atoms with Gasteiger partial charge in [-0.2, -0.15) is 9.57 Å². The van der Waals surface area contributed by atoms with Crippen LogP contribution < -0.4 is 5.32 Å². The van der Waals surface area contributed by atoms with Crippen molar-refractivity contribution in [3.63, 3.8) is 0 Å². The molecule has 0 aliphatic heterocycles. The van der Waals surface area contributed by atoms with Crippen LogP contribution in [-0.4, -0.2) is 25.8 Å². The second-order valence-electron chi connectivity index (χ2n) is 6.17. The van der Waals surface area contributed by atoms with Crippen LogP contribution in [0.3, 0.4) is 0 Å². The first-order chi connectivity index (χ1) is 11.8. The van der Waals surface area contributed by atoms with Crippen molar-refractivity contribution in [2.24, 2.45) is 0 Å². The molecule has 0 aliphatic rings. The molecule has 0 saturated carbocycles. The van der Waals surface area contributed by atoms with Crippen LogP contribution in [0.5, 0.6) is 0 Å². The van der Waals surface area contributed by atoms with E-state index in [2.05, 4.69) is 11.4 Å². The Morgan fingerprint density at radius 2 is 1.48 bits per heavy atom. The molecular formula is C19H23N3O2S. The lowest BCUT2D eigenvalue weighted by Gasteiger charge is -2.21. The molecule has 25 heavy (non-hydrogen) atoms. The molecule has 0 fully saturated rings. The standard InChI is InChI=1S/C19H23N3O2S/c1-15(2)22(3)25(23,24)19-10-8-18(9-11-19)14-21-13-17-6-4-16(12-20)5-7-17/h4-11,15,21H,13-14H2,1-3H3. The molecule has 6 heteroatoms. The summed E-state index contributed by atoms with van der Waals surface area (Å²) in [5, 5.41) is 12.1. The van der Waals surface area contributed by atoms with Gasteiger partial charge in [0.15, 0.2) is 0 Å². The number of nitrogens with zero attached hydrogens (tertiary/aromatic N) is 2. The van der Waals surface area contributed by atoms with Gasteiger partial charge in [0.25, 0.3) is 0 Å². The van der Waals surface area contributed by atoms with E-state index < -0.39 is 10.0 Å². The third kappa shape index (κ3) is 4.89. The molecule has 0 aromatic heterocycles. The van der Waals surface area contributed by atoms with Gasteiger partial charge in [-0.05, 0) is 49.2 Å². The lowest BCUT2D eigenvalue weighted by molar-refractivity contribution is 0.410. The number of hydrogen-bond donors (Lipinski definition) is 1. The van der Waals surface area contributed by atoms with Gasteiger partial charge in [-0.15, -0.1) is 0 Å². The zero-order chi connectivity index (χ0) is 18.4. The van der Waals surface area contributed by atoms with Crippen LogP contribution >= 0.6 is 0 Å². The summed E-state index contributed by atoms with van der Waals surface area (Å²) in [5.74, 6) is 0. The lowest BCUT2D eigenvalue weighted by atomic mass is 10.1. The minimum absolute atomic E-state index is 0.0845. The normalized spacial score (nSPS) is 11.7. The third-order valence-corrected chi connectivity index (χ3v) is 6.12. The van der Waals surface area contributed by atoms with Gasteiger partial charge in [0.1, 0.15) is 0 Å². The van der Waals surface area contributed by atoms with Crippen molar-refractivity contribution >= 4 is 10.0 Å². The highest BCUT2D eigenvalue weighted by Crippen LogP contribution is 2.17. The van der Waals surface area contributed by atoms with Crippen LogP contribution in [-0.2, 0) is 23.1 Å². The quantitative estimate of drug-likeness (QED) is 0.827. The molecule has 0 heterocycles. The number of nitrogens with one attached hydrogen (secondary N) is 1. The summed E-state index contributed by atoms with van der Waals surface area (Å²) in [7, 11) is -1.85. The Bertz CT molecular complexity index is 836. The fraction of sp³-hybridized carbons (Fsp3) is 0.316. The summed E-state index contributed by atoms with van der Waals surface area (Å²) in [6, 6.07) is 16.4. The molecule has 0 atom stereocenters. The van der Waals surface area contributed by atoms with E-state index in [0.29, 0.717) is 23.5 Å². The molecule has 2 aromatic rings. The van der Waals surface area contributed by atoms with Crippen molar-refractivity contribution in [3.05, 3.63) is 65.2 Å². The Morgan fingerprint density at radius 1 is 1.00 bits per heavy atom. The maximum atomic E-state index is 12.4. The maximum absolute atomic E-state index is 12.4. The molecule has 0 spiro atoms. The molecule has 0 saturated heterocycles. The van der Waals surface area contributed by atoms with E-state index in [4.69, 9.17) is 5.26 Å². The molecule has 0 radical (unpaired) electrons. The zero-order valence-corrected chi connectivity index (χ0v) is 15.5. The second-order valence-corrected chi connectivity index (χ2v) is 8.17. The number of hydrogen-bond acceptors (Lipinski definition) is 4. The molecule has 132 valence electrons. The van der Waals surface area contributed by atoms with Gasteiger partial charge in [0.2, 0.25) is 10.0 Å². The Balaban J connectivity index is 1.95. The summed E-state index contributed by atoms with van der Waals surface area (Å²) in [5.41, 5.74) is 2.75. The summed E-state index contributed by atoms with van der Waals surface area (Å²) in [6.07, 6.45) is 0. The van der Waals surface area contributed by atoms with Crippen molar-refractivity contribution in [3.8, 4) is 6.07 Å². The first-order valence-electron chi connectivity index (χ1n) is 8.11. The van der Waals surface area contributed by atoms with Crippen molar-refractivity contribution in [1.29, 1.82) is 5.26 Å². The van der Waals surface area contributed by atoms with E-state index in [1.54, 1.807) is 31.3 Å². The molecule has 2 aromatic carbocycles. The van der Waals surface area contributed by atoms with E-state index in [1.807, 2.05) is 38.1 Å². The molecule has 0 unspecified atom stereocenters. The average Bonchev–Trinajstić information content (AvgIpc) is 2.62. The highest BCUT2D eigenvalue weighted by Gasteiger charge is 2.22. The van der Waals surface area contributed by atoms with E-state index in [9.17, 15) is 8.42 Å². The Hall–Kier alpha value is -2.20. The number of benzene rings is 2. The molecule has 0 bridgehead atoms. The smallest absolute Gasteiger partial charge is 0.243 e. The van der Waals surface area contributed by atoms with E-state index >= 15 is 0 Å². The Labute approximate surface area is 150 Å². The molecule has 5 nitrogen and oxygen atoms in total. The van der Waals surface area contributed by atoms with Crippen LogP contribution in [0.15, 0.2) is 53.4 Å². The largest absolute Gasteiger partial charge is 0.309 e. The monoisotopic (exact) mass is 357 g/mol. The van der Waals surface area contributed by atoms with Crippen molar-refractivity contribution in [1.82, 2.24) is 9.62 Å². The fourth-order valence-corrected chi connectivity index (χ4v) is 3.64. The molecule has 2 rings (SSSR count). The molecular weight excluding hydrogens is 334 g/mol. The van der Waals surface area contributed by atoms with E-state index in [-0.39, 0.29) is 6.04 Å². The summed E-state index contributed by atoms with van der Waals surface area (Å²) >= 11 is 0. The SMILES string of the molecule is CC(C)N(C)S(=O)(=O)c1ccc(CNCc2ccc(C#N)cc2)cc1. The third-order valence-electron chi connectivity index (χ3n) is 4.07. The highest BCUT2D eigenvalue weighted by molar-refractivity contribution is 7.89. The number of nitriles is 1. The van der Waals surface area contributed by atoms with Crippen LogP contribution in [0.4, 0.5) is 0 Å². The lowest BCUT2D eigenvalue weighted by Crippen LogP contribution is -2.33. The van der Waals surface area contributed by atoms with Crippen molar-refractivity contribution < 1.29 is 8.42 Å². The topological polar surface area (TPSA) is 73.2 Å².